The summed E-state index contributed by atoms with van der Waals surface area (Å²) in [6.45, 7) is 4.10. The highest BCUT2D eigenvalue weighted by Crippen LogP contribution is 2.34. The zero-order chi connectivity index (χ0) is 25.4. The first-order chi connectivity index (χ1) is 14.9. The van der Waals surface area contributed by atoms with Crippen molar-refractivity contribution < 1.29 is 34.8 Å². The van der Waals surface area contributed by atoms with Gasteiger partial charge in [0.2, 0.25) is 0 Å². The van der Waals surface area contributed by atoms with Crippen molar-refractivity contribution in [1.82, 2.24) is 5.32 Å². The first-order valence-corrected chi connectivity index (χ1v) is 13.3. The Morgan fingerprint density at radius 3 is 2.21 bits per heavy atom. The molecule has 0 spiro atoms. The van der Waals surface area contributed by atoms with E-state index < -0.39 is 47.0 Å². The van der Waals surface area contributed by atoms with Crippen LogP contribution in [0.25, 0.3) is 0 Å². The van der Waals surface area contributed by atoms with Crippen molar-refractivity contribution >= 4 is 37.2 Å². The Morgan fingerprint density at radius 2 is 1.67 bits per heavy atom. The van der Waals surface area contributed by atoms with Gasteiger partial charge in [-0.2, -0.15) is 13.2 Å². The highest BCUT2D eigenvalue weighted by atomic mass is 35.5. The van der Waals surface area contributed by atoms with Crippen LogP contribution in [0.4, 0.5) is 13.2 Å². The predicted octanol–water partition coefficient (Wildman–Crippen LogP) is 4.44. The maximum absolute atomic E-state index is 13.0. The SMILES string of the molecule is Cc1ccc(S(C)(=O)=O)c(Cl)c1C(=O)NCCC(C)(C)S(=O)(=O)c1cccc(C(F)(F)F)c1. The number of hydrogen-bond donors (Lipinski definition) is 1. The molecule has 0 fully saturated rings. The van der Waals surface area contributed by atoms with E-state index in [2.05, 4.69) is 5.32 Å². The minimum Gasteiger partial charge on any atom is -0.352 e. The second-order valence-electron chi connectivity index (χ2n) is 8.14. The van der Waals surface area contributed by atoms with Gasteiger partial charge >= 0.3 is 6.18 Å². The molecule has 12 heteroatoms. The van der Waals surface area contributed by atoms with Crippen molar-refractivity contribution in [3.8, 4) is 0 Å². The molecule has 0 atom stereocenters. The number of sulfone groups is 2. The Hall–Kier alpha value is -2.11. The number of amides is 1. The molecule has 0 saturated carbocycles. The van der Waals surface area contributed by atoms with Crippen LogP contribution in [0, 0.1) is 6.92 Å². The van der Waals surface area contributed by atoms with Gasteiger partial charge in [-0.15, -0.1) is 0 Å². The minimum atomic E-state index is -4.69. The van der Waals surface area contributed by atoms with Crippen molar-refractivity contribution in [3.63, 3.8) is 0 Å². The zero-order valence-electron chi connectivity index (χ0n) is 18.2. The van der Waals surface area contributed by atoms with E-state index in [1.54, 1.807) is 6.92 Å². The van der Waals surface area contributed by atoms with Crippen molar-refractivity contribution in [3.05, 3.63) is 58.1 Å². The number of halogens is 4. The van der Waals surface area contributed by atoms with E-state index in [4.69, 9.17) is 11.6 Å². The quantitative estimate of drug-likeness (QED) is 0.576. The molecule has 0 saturated heterocycles. The molecule has 0 heterocycles. The van der Waals surface area contributed by atoms with E-state index in [1.807, 2.05) is 0 Å². The number of carbonyl (C=O) groups is 1. The van der Waals surface area contributed by atoms with E-state index in [0.717, 1.165) is 24.5 Å². The lowest BCUT2D eigenvalue weighted by Crippen LogP contribution is -2.37. The summed E-state index contributed by atoms with van der Waals surface area (Å²) < 4.78 is 87.1. The molecule has 33 heavy (non-hydrogen) atoms. The number of rotatable bonds is 7. The molecule has 1 amide bonds. The van der Waals surface area contributed by atoms with Gasteiger partial charge < -0.3 is 5.32 Å². The van der Waals surface area contributed by atoms with E-state index in [0.29, 0.717) is 11.6 Å². The Morgan fingerprint density at radius 1 is 1.06 bits per heavy atom. The normalized spacial score (nSPS) is 13.1. The summed E-state index contributed by atoms with van der Waals surface area (Å²) in [7, 11) is -7.87. The average Bonchev–Trinajstić information content (AvgIpc) is 2.66. The van der Waals surface area contributed by atoms with Gasteiger partial charge in [-0.25, -0.2) is 16.8 Å². The molecule has 1 N–H and O–H groups in total. The lowest BCUT2D eigenvalue weighted by atomic mass is 10.1. The van der Waals surface area contributed by atoms with Crippen LogP contribution in [-0.4, -0.2) is 40.3 Å². The fraction of sp³-hybridized carbons (Fsp3) is 0.381. The lowest BCUT2D eigenvalue weighted by Gasteiger charge is -2.25. The second-order valence-corrected chi connectivity index (χ2v) is 13.1. The molecule has 2 rings (SSSR count). The first kappa shape index (κ1) is 27.1. The Kier molecular flexibility index (Phi) is 7.62. The molecule has 0 aromatic heterocycles. The van der Waals surface area contributed by atoms with Gasteiger partial charge in [0.1, 0.15) is 0 Å². The van der Waals surface area contributed by atoms with E-state index in [-0.39, 0.29) is 28.4 Å². The molecule has 2 aromatic carbocycles. The van der Waals surface area contributed by atoms with E-state index in [9.17, 15) is 34.8 Å². The zero-order valence-corrected chi connectivity index (χ0v) is 20.6. The third-order valence-corrected chi connectivity index (χ3v) is 9.33. The van der Waals surface area contributed by atoms with Crippen LogP contribution in [0.3, 0.4) is 0 Å². The third kappa shape index (κ3) is 5.88. The minimum absolute atomic E-state index is 0.0573. The standard InChI is InChI=1S/C21H23ClF3NO5S2/c1-13-8-9-16(32(4,28)29)18(22)17(13)19(27)26-11-10-20(2,3)33(30,31)15-7-5-6-14(12-15)21(23,24)25/h5-9,12H,10-11H2,1-4H3,(H,26,27). The van der Waals surface area contributed by atoms with Crippen LogP contribution < -0.4 is 5.32 Å². The number of hydrogen-bond acceptors (Lipinski definition) is 5. The van der Waals surface area contributed by atoms with Crippen LogP contribution in [0.1, 0.15) is 41.8 Å². The Bertz CT molecular complexity index is 1290. The van der Waals surface area contributed by atoms with Gasteiger partial charge in [-0.1, -0.05) is 23.7 Å². The van der Waals surface area contributed by atoms with Crippen LogP contribution in [0.15, 0.2) is 46.2 Å². The maximum Gasteiger partial charge on any atom is 0.416 e. The molecular formula is C21H23ClF3NO5S2. The summed E-state index contributed by atoms with van der Waals surface area (Å²) in [6, 6.07) is 6.18. The highest BCUT2D eigenvalue weighted by molar-refractivity contribution is 7.92. The van der Waals surface area contributed by atoms with Crippen molar-refractivity contribution in [1.29, 1.82) is 0 Å². The van der Waals surface area contributed by atoms with Crippen molar-refractivity contribution in [2.24, 2.45) is 0 Å². The van der Waals surface area contributed by atoms with Gasteiger partial charge in [0.05, 0.1) is 30.7 Å². The average molecular weight is 526 g/mol. The largest absolute Gasteiger partial charge is 0.416 e. The van der Waals surface area contributed by atoms with Gasteiger partial charge in [-0.3, -0.25) is 4.79 Å². The van der Waals surface area contributed by atoms with Crippen LogP contribution in [0.2, 0.25) is 5.02 Å². The molecule has 182 valence electrons. The highest BCUT2D eigenvalue weighted by Gasteiger charge is 2.38. The third-order valence-electron chi connectivity index (χ3n) is 5.15. The van der Waals surface area contributed by atoms with Gasteiger partial charge in [0.15, 0.2) is 19.7 Å². The topological polar surface area (TPSA) is 97.4 Å². The summed E-state index contributed by atoms with van der Waals surface area (Å²) in [5.74, 6) is -0.699. The van der Waals surface area contributed by atoms with Gasteiger partial charge in [-0.05, 0) is 57.0 Å². The summed E-state index contributed by atoms with van der Waals surface area (Å²) in [6.07, 6.45) is -3.87. The maximum atomic E-state index is 13.0. The van der Waals surface area contributed by atoms with E-state index >= 15 is 0 Å². The fourth-order valence-electron chi connectivity index (χ4n) is 3.08. The molecule has 0 unspecified atom stereocenters. The number of alkyl halides is 3. The summed E-state index contributed by atoms with van der Waals surface area (Å²) >= 11 is 6.14. The van der Waals surface area contributed by atoms with Crippen molar-refractivity contribution in [2.75, 3.05) is 12.8 Å². The van der Waals surface area contributed by atoms with Crippen LogP contribution >= 0.6 is 11.6 Å². The summed E-state index contributed by atoms with van der Waals surface area (Å²) in [5, 5.41) is 2.27. The predicted molar refractivity (Wildman–Crippen MR) is 119 cm³/mol. The molecular weight excluding hydrogens is 503 g/mol. The number of benzene rings is 2. The van der Waals surface area contributed by atoms with Crippen molar-refractivity contribution in [2.45, 2.75) is 47.9 Å². The lowest BCUT2D eigenvalue weighted by molar-refractivity contribution is -0.137. The Labute approximate surface area is 196 Å². The molecule has 0 bridgehead atoms. The second kappa shape index (κ2) is 9.27. The Balaban J connectivity index is 2.23. The van der Waals surface area contributed by atoms with Gasteiger partial charge in [0.25, 0.3) is 5.91 Å². The number of nitrogens with one attached hydrogen (secondary N) is 1. The molecule has 0 aliphatic rings. The van der Waals surface area contributed by atoms with Crippen LogP contribution in [0.5, 0.6) is 0 Å². The number of aryl methyl sites for hydroxylation is 1. The molecule has 0 radical (unpaired) electrons. The van der Waals surface area contributed by atoms with Gasteiger partial charge in [0, 0.05) is 12.8 Å². The molecule has 2 aromatic rings. The molecule has 0 aliphatic heterocycles. The monoisotopic (exact) mass is 525 g/mol. The smallest absolute Gasteiger partial charge is 0.352 e. The fourth-order valence-corrected chi connectivity index (χ4v) is 6.09. The molecule has 0 aliphatic carbocycles. The van der Waals surface area contributed by atoms with E-state index in [1.165, 1.54) is 26.0 Å². The summed E-state index contributed by atoms with van der Waals surface area (Å²) in [5.41, 5.74) is -0.720. The first-order valence-electron chi connectivity index (χ1n) is 9.59. The molecule has 6 nitrogen and oxygen atoms in total. The number of carbonyl (C=O) groups excluding carboxylic acids is 1. The van der Waals surface area contributed by atoms with Crippen LogP contribution in [-0.2, 0) is 25.9 Å². The summed E-state index contributed by atoms with van der Waals surface area (Å²) in [4.78, 5) is 12.0.